The molecule has 0 radical (unpaired) electrons. The largest absolute Gasteiger partial charge is 0.140 e. The minimum atomic E-state index is 1.23. The molecule has 0 N–H and O–H groups in total. The van der Waals surface area contributed by atoms with Crippen molar-refractivity contribution in [2.45, 2.75) is 117 Å². The topological polar surface area (TPSA) is 0 Å². The molecule has 0 atom stereocenters. The monoisotopic (exact) mass is 544 g/mol. The summed E-state index contributed by atoms with van der Waals surface area (Å²) >= 11 is 3.97. The average Bonchev–Trinajstić information content (AvgIpc) is 3.62. The van der Waals surface area contributed by atoms with E-state index in [4.69, 9.17) is 0 Å². The number of aryl methyl sites for hydroxylation is 2. The Kier molecular flexibility index (Phi) is 12.4. The Morgan fingerprint density at radius 2 is 0.816 bits per heavy atom. The maximum absolute atomic E-state index is 2.38. The van der Waals surface area contributed by atoms with E-state index in [0.29, 0.717) is 0 Å². The first kappa shape index (κ1) is 29.1. The number of hydrogen-bond acceptors (Lipinski definition) is 2. The normalized spacial score (nSPS) is 11.5. The lowest BCUT2D eigenvalue weighted by Gasteiger charge is -2.05. The van der Waals surface area contributed by atoms with Gasteiger partial charge in [-0.25, -0.2) is 0 Å². The van der Waals surface area contributed by atoms with Crippen LogP contribution in [0.15, 0.2) is 60.7 Å². The van der Waals surface area contributed by atoms with Gasteiger partial charge in [0.25, 0.3) is 0 Å². The summed E-state index contributed by atoms with van der Waals surface area (Å²) < 4.78 is 0. The summed E-state index contributed by atoms with van der Waals surface area (Å²) in [7, 11) is 0. The van der Waals surface area contributed by atoms with Crippen LogP contribution >= 0.6 is 22.7 Å². The second-order valence-corrected chi connectivity index (χ2v) is 13.4. The maximum atomic E-state index is 2.38. The van der Waals surface area contributed by atoms with E-state index >= 15 is 0 Å². The summed E-state index contributed by atoms with van der Waals surface area (Å²) in [6.07, 6.45) is 21.8. The summed E-state index contributed by atoms with van der Waals surface area (Å²) in [6, 6.07) is 23.4. The number of rotatable bonds is 18. The highest BCUT2D eigenvalue weighted by atomic mass is 32.1. The molecule has 4 rings (SSSR count). The Bertz CT molecular complexity index is 1120. The van der Waals surface area contributed by atoms with Crippen LogP contribution in [0.2, 0.25) is 0 Å². The van der Waals surface area contributed by atoms with Gasteiger partial charge >= 0.3 is 0 Å². The highest BCUT2D eigenvalue weighted by Crippen LogP contribution is 2.34. The van der Waals surface area contributed by atoms with Gasteiger partial charge in [-0.2, -0.15) is 0 Å². The molecule has 0 nitrogen and oxygen atoms in total. The first-order valence-corrected chi connectivity index (χ1v) is 17.1. The van der Waals surface area contributed by atoms with Crippen LogP contribution in [0.4, 0.5) is 0 Å². The van der Waals surface area contributed by atoms with Crippen LogP contribution in [0, 0.1) is 0 Å². The second-order valence-electron chi connectivity index (χ2n) is 11.1. The minimum Gasteiger partial charge on any atom is -0.140 e. The predicted molar refractivity (Wildman–Crippen MR) is 174 cm³/mol. The van der Waals surface area contributed by atoms with Crippen molar-refractivity contribution in [2.75, 3.05) is 0 Å². The Labute approximate surface area is 240 Å². The van der Waals surface area contributed by atoms with Gasteiger partial charge in [0.1, 0.15) is 0 Å². The van der Waals surface area contributed by atoms with Crippen molar-refractivity contribution >= 4 is 33.4 Å². The third-order valence-corrected chi connectivity index (χ3v) is 10.2. The molecule has 0 spiro atoms. The van der Waals surface area contributed by atoms with Crippen LogP contribution in [0.1, 0.15) is 113 Å². The third-order valence-electron chi connectivity index (χ3n) is 7.79. The Morgan fingerprint density at radius 3 is 1.24 bits per heavy atom. The molecule has 0 unspecified atom stereocenters. The fraction of sp³-hybridized carbons (Fsp3) is 0.500. The Hall–Kier alpha value is -1.90. The van der Waals surface area contributed by atoms with Gasteiger partial charge in [-0.05, 0) is 84.0 Å². The molecule has 204 valence electrons. The average molecular weight is 545 g/mol. The zero-order chi connectivity index (χ0) is 26.4. The molecule has 4 aromatic rings. The summed E-state index contributed by atoms with van der Waals surface area (Å²) in [5.74, 6) is 0. The lowest BCUT2D eigenvalue weighted by molar-refractivity contribution is 0.590. The second kappa shape index (κ2) is 16.3. The molecule has 0 aliphatic carbocycles. The lowest BCUT2D eigenvalue weighted by Crippen LogP contribution is -1.83. The highest BCUT2D eigenvalue weighted by molar-refractivity contribution is 7.15. The first-order valence-electron chi connectivity index (χ1n) is 15.5. The van der Waals surface area contributed by atoms with Gasteiger partial charge in [0.2, 0.25) is 0 Å². The van der Waals surface area contributed by atoms with E-state index in [-0.39, 0.29) is 0 Å². The molecule has 38 heavy (non-hydrogen) atoms. The fourth-order valence-corrected chi connectivity index (χ4v) is 7.49. The van der Waals surface area contributed by atoms with Crippen LogP contribution in [0.3, 0.4) is 0 Å². The van der Waals surface area contributed by atoms with E-state index < -0.39 is 0 Å². The van der Waals surface area contributed by atoms with Crippen molar-refractivity contribution in [3.05, 3.63) is 70.4 Å². The molecule has 0 bridgehead atoms. The van der Waals surface area contributed by atoms with Crippen LogP contribution in [-0.2, 0) is 12.8 Å². The summed E-state index contributed by atoms with van der Waals surface area (Å²) in [4.78, 5) is 5.88. The van der Waals surface area contributed by atoms with E-state index in [1.54, 1.807) is 0 Å². The summed E-state index contributed by atoms with van der Waals surface area (Å²) in [6.45, 7) is 4.58. The summed E-state index contributed by atoms with van der Waals surface area (Å²) in [5.41, 5.74) is 2.71. The Morgan fingerprint density at radius 1 is 0.421 bits per heavy atom. The van der Waals surface area contributed by atoms with Crippen molar-refractivity contribution in [1.82, 2.24) is 0 Å². The van der Waals surface area contributed by atoms with Gasteiger partial charge in [-0.3, -0.25) is 0 Å². The molecule has 2 heteroatoms. The molecule has 0 fully saturated rings. The third kappa shape index (κ3) is 9.09. The molecule has 0 saturated heterocycles. The molecule has 2 aromatic carbocycles. The van der Waals surface area contributed by atoms with Gasteiger partial charge in [0.05, 0.1) is 0 Å². The van der Waals surface area contributed by atoms with Crippen molar-refractivity contribution in [2.24, 2.45) is 0 Å². The van der Waals surface area contributed by atoms with Gasteiger partial charge < -0.3 is 0 Å². The summed E-state index contributed by atoms with van der Waals surface area (Å²) in [5, 5.41) is 2.68. The number of unbranched alkanes of at least 4 members (excludes halogenated alkanes) is 12. The zero-order valence-corrected chi connectivity index (χ0v) is 25.5. The van der Waals surface area contributed by atoms with Gasteiger partial charge in [-0.15, -0.1) is 22.7 Å². The van der Waals surface area contributed by atoms with Crippen molar-refractivity contribution < 1.29 is 0 Å². The number of thiophene rings is 2. The van der Waals surface area contributed by atoms with Gasteiger partial charge in [0, 0.05) is 19.5 Å². The standard InChI is InChI=1S/C36H48S2/c1-3-5-7-9-11-13-15-17-33-23-25-35(37-33)31-21-19-30-28-32(22-20-29(30)27-31)36-26-24-34(38-36)18-16-14-12-10-8-6-4-2/h19-28H,3-18H2,1-2H3. The molecule has 0 amide bonds. The van der Waals surface area contributed by atoms with E-state index in [1.807, 2.05) is 22.7 Å². The maximum Gasteiger partial charge on any atom is 0.0345 e. The van der Waals surface area contributed by atoms with Crippen molar-refractivity contribution in [1.29, 1.82) is 0 Å². The molecule has 0 saturated carbocycles. The highest BCUT2D eigenvalue weighted by Gasteiger charge is 2.08. The van der Waals surface area contributed by atoms with E-state index in [9.17, 15) is 0 Å². The van der Waals surface area contributed by atoms with E-state index in [1.165, 1.54) is 144 Å². The number of fused-ring (bicyclic) bond motifs is 1. The lowest BCUT2D eigenvalue weighted by atomic mass is 10.0. The van der Waals surface area contributed by atoms with Crippen LogP contribution in [0.25, 0.3) is 31.7 Å². The molecule has 0 aliphatic rings. The van der Waals surface area contributed by atoms with Crippen LogP contribution in [-0.4, -0.2) is 0 Å². The molecule has 0 aliphatic heterocycles. The predicted octanol–water partition coefficient (Wildman–Crippen LogP) is 12.9. The zero-order valence-electron chi connectivity index (χ0n) is 23.9. The Balaban J connectivity index is 1.28. The number of benzene rings is 2. The first-order chi connectivity index (χ1) is 18.8. The molecule has 2 aromatic heterocycles. The van der Waals surface area contributed by atoms with Crippen molar-refractivity contribution in [3.8, 4) is 20.9 Å². The van der Waals surface area contributed by atoms with Gasteiger partial charge in [-0.1, -0.05) is 115 Å². The quantitative estimate of drug-likeness (QED) is 0.109. The smallest absolute Gasteiger partial charge is 0.0345 e. The van der Waals surface area contributed by atoms with E-state index in [2.05, 4.69) is 74.5 Å². The molecular weight excluding hydrogens is 497 g/mol. The van der Waals surface area contributed by atoms with Crippen LogP contribution in [0.5, 0.6) is 0 Å². The molecular formula is C36H48S2. The van der Waals surface area contributed by atoms with Gasteiger partial charge in [0.15, 0.2) is 0 Å². The SMILES string of the molecule is CCCCCCCCCc1ccc(-c2ccc3cc(-c4ccc(CCCCCCCCC)s4)ccc3c2)s1. The fourth-order valence-electron chi connectivity index (χ4n) is 5.40. The number of hydrogen-bond donors (Lipinski definition) is 0. The van der Waals surface area contributed by atoms with E-state index in [0.717, 1.165) is 0 Å². The minimum absolute atomic E-state index is 1.23. The van der Waals surface area contributed by atoms with Crippen molar-refractivity contribution in [3.63, 3.8) is 0 Å². The molecule has 2 heterocycles. The van der Waals surface area contributed by atoms with Crippen LogP contribution < -0.4 is 0 Å².